The molecule has 0 saturated heterocycles. The lowest BCUT2D eigenvalue weighted by molar-refractivity contribution is -0.134. The van der Waals surface area contributed by atoms with Crippen molar-refractivity contribution in [1.82, 2.24) is 0 Å². The van der Waals surface area contributed by atoms with Crippen molar-refractivity contribution in [1.29, 1.82) is 0 Å². The number of ether oxygens (including phenoxy) is 1. The molecular formula is C35H54O5S. The van der Waals surface area contributed by atoms with E-state index >= 15 is 0 Å². The summed E-state index contributed by atoms with van der Waals surface area (Å²) in [4.78, 5) is 12.4. The molecule has 0 aliphatic heterocycles. The van der Waals surface area contributed by atoms with E-state index in [0.29, 0.717) is 18.6 Å². The Morgan fingerprint density at radius 2 is 1.10 bits per heavy atom. The molecule has 41 heavy (non-hydrogen) atoms. The zero-order valence-corrected chi connectivity index (χ0v) is 28.6. The molecule has 0 aliphatic carbocycles. The molecule has 2 aromatic rings. The van der Waals surface area contributed by atoms with Crippen LogP contribution in [0.5, 0.6) is 23.0 Å². The fourth-order valence-electron chi connectivity index (χ4n) is 5.38. The monoisotopic (exact) mass is 586 g/mol. The van der Waals surface area contributed by atoms with Crippen molar-refractivity contribution >= 4 is 17.7 Å². The smallest absolute Gasteiger partial charge is 0.310 e. The highest BCUT2D eigenvalue weighted by atomic mass is 32.2. The van der Waals surface area contributed by atoms with E-state index in [1.165, 1.54) is 0 Å². The van der Waals surface area contributed by atoms with Crippen LogP contribution in [0.2, 0.25) is 0 Å². The normalized spacial score (nSPS) is 13.0. The Kier molecular flexibility index (Phi) is 10.6. The zero-order chi connectivity index (χ0) is 31.7. The molecule has 6 heteroatoms. The molecule has 5 nitrogen and oxygen atoms in total. The van der Waals surface area contributed by atoms with Crippen molar-refractivity contribution in [2.24, 2.45) is 0 Å². The molecule has 0 bridgehead atoms. The van der Waals surface area contributed by atoms with Gasteiger partial charge in [0.25, 0.3) is 0 Å². The minimum absolute atomic E-state index is 0.227. The average molecular weight is 587 g/mol. The maximum absolute atomic E-state index is 12.4. The second-order valence-corrected chi connectivity index (χ2v) is 16.4. The minimum atomic E-state index is -0.363. The van der Waals surface area contributed by atoms with E-state index in [1.54, 1.807) is 24.8 Å². The van der Waals surface area contributed by atoms with Gasteiger partial charge in [0.1, 0.15) is 23.0 Å². The number of carbonyl (C=O) groups excluding carboxylic acids is 1. The molecule has 230 valence electrons. The first-order chi connectivity index (χ1) is 18.5. The summed E-state index contributed by atoms with van der Waals surface area (Å²) in [6.07, 6.45) is 1.50. The molecule has 0 fully saturated rings. The molecule has 0 aromatic heterocycles. The summed E-state index contributed by atoms with van der Waals surface area (Å²) in [7, 11) is 0. The van der Waals surface area contributed by atoms with Crippen LogP contribution in [-0.2, 0) is 39.3 Å². The number of esters is 1. The highest BCUT2D eigenvalue weighted by Crippen LogP contribution is 2.47. The van der Waals surface area contributed by atoms with E-state index in [1.807, 2.05) is 47.6 Å². The predicted octanol–water partition coefficient (Wildman–Crippen LogP) is 8.83. The number of phenols is 3. The Morgan fingerprint density at radius 3 is 1.51 bits per heavy atom. The Morgan fingerprint density at radius 1 is 0.683 bits per heavy atom. The number of hydrogen-bond acceptors (Lipinski definition) is 6. The fourth-order valence-corrected chi connectivity index (χ4v) is 6.28. The summed E-state index contributed by atoms with van der Waals surface area (Å²) >= 11 is 1.74. The van der Waals surface area contributed by atoms with Crippen molar-refractivity contribution in [3.63, 3.8) is 0 Å². The van der Waals surface area contributed by atoms with E-state index in [9.17, 15) is 20.1 Å². The van der Waals surface area contributed by atoms with Crippen molar-refractivity contribution in [3.05, 3.63) is 45.5 Å². The molecule has 0 radical (unpaired) electrons. The molecule has 3 N–H and O–H groups in total. The summed E-state index contributed by atoms with van der Waals surface area (Å²) in [6.45, 7) is 26.4. The highest BCUT2D eigenvalue weighted by Gasteiger charge is 2.32. The third-order valence-corrected chi connectivity index (χ3v) is 8.36. The van der Waals surface area contributed by atoms with E-state index in [0.717, 1.165) is 44.9 Å². The van der Waals surface area contributed by atoms with Gasteiger partial charge in [0.15, 0.2) is 0 Å². The quantitative estimate of drug-likeness (QED) is 0.124. The maximum atomic E-state index is 12.4. The first-order valence-electron chi connectivity index (χ1n) is 14.8. The molecule has 0 saturated carbocycles. The largest absolute Gasteiger partial charge is 0.508 e. The Hall–Kier alpha value is -2.34. The lowest BCUT2D eigenvalue weighted by Crippen LogP contribution is -2.21. The number of aromatic hydroxyl groups is 3. The van der Waals surface area contributed by atoms with Crippen LogP contribution in [0, 0.1) is 0 Å². The molecule has 0 amide bonds. The highest BCUT2D eigenvalue weighted by molar-refractivity contribution is 7.99. The van der Waals surface area contributed by atoms with Crippen molar-refractivity contribution < 1.29 is 24.9 Å². The SMILES string of the molecule is CCC(=O)Oc1cc(C(C)(C)C)c(O)c(C(C)(C)C)c1CCSCCc1c(O)cc(C(C)(C)C)c(O)c1C(C)(C)C. The number of carbonyl (C=O) groups is 1. The molecule has 0 aliphatic rings. The Bertz CT molecular complexity index is 1250. The molecule has 2 aromatic carbocycles. The van der Waals surface area contributed by atoms with Gasteiger partial charge in [0, 0.05) is 39.8 Å². The number of benzene rings is 2. The number of hydrogen-bond donors (Lipinski definition) is 3. The zero-order valence-electron chi connectivity index (χ0n) is 27.8. The van der Waals surface area contributed by atoms with Crippen LogP contribution in [-0.4, -0.2) is 32.8 Å². The second-order valence-electron chi connectivity index (χ2n) is 15.2. The van der Waals surface area contributed by atoms with Gasteiger partial charge in [-0.2, -0.15) is 11.8 Å². The van der Waals surface area contributed by atoms with Gasteiger partial charge in [-0.3, -0.25) is 4.79 Å². The standard InChI is InChI=1S/C35H54O5S/c1-14-27(37)40-26-20-24(33(5,6)7)31(39)29(35(11,12)13)22(26)16-18-41-17-15-21-25(36)19-23(32(2,3)4)30(38)28(21)34(8,9)10/h19-20,36,38-39H,14-18H2,1-13H3. The molecule has 0 heterocycles. The van der Waals surface area contributed by atoms with Crippen LogP contribution < -0.4 is 4.74 Å². The van der Waals surface area contributed by atoms with E-state index in [4.69, 9.17) is 4.74 Å². The minimum Gasteiger partial charge on any atom is -0.508 e. The van der Waals surface area contributed by atoms with Gasteiger partial charge >= 0.3 is 5.97 Å². The summed E-state index contributed by atoms with van der Waals surface area (Å²) in [5.74, 6) is 2.49. The van der Waals surface area contributed by atoms with Crippen LogP contribution in [0.25, 0.3) is 0 Å². The van der Waals surface area contributed by atoms with Crippen LogP contribution >= 0.6 is 11.8 Å². The third kappa shape index (κ3) is 8.37. The third-order valence-electron chi connectivity index (χ3n) is 7.37. The summed E-state index contributed by atoms with van der Waals surface area (Å²) < 4.78 is 5.85. The van der Waals surface area contributed by atoms with Gasteiger partial charge in [0.2, 0.25) is 0 Å². The molecular weight excluding hydrogens is 532 g/mol. The molecule has 2 rings (SSSR count). The first kappa shape index (κ1) is 34.9. The first-order valence-corrected chi connectivity index (χ1v) is 15.9. The lowest BCUT2D eigenvalue weighted by atomic mass is 9.76. The Labute approximate surface area is 253 Å². The fraction of sp³-hybridized carbons (Fsp3) is 0.629. The average Bonchev–Trinajstić information content (AvgIpc) is 2.78. The van der Waals surface area contributed by atoms with E-state index < -0.39 is 0 Å². The maximum Gasteiger partial charge on any atom is 0.310 e. The number of thioether (sulfide) groups is 1. The van der Waals surface area contributed by atoms with Gasteiger partial charge < -0.3 is 20.1 Å². The topological polar surface area (TPSA) is 87.0 Å². The summed E-state index contributed by atoms with van der Waals surface area (Å²) in [5.41, 5.74) is 3.46. The van der Waals surface area contributed by atoms with Gasteiger partial charge in [-0.15, -0.1) is 0 Å². The van der Waals surface area contributed by atoms with Crippen molar-refractivity contribution in [2.75, 3.05) is 11.5 Å². The van der Waals surface area contributed by atoms with Crippen LogP contribution in [0.3, 0.4) is 0 Å². The van der Waals surface area contributed by atoms with Gasteiger partial charge in [-0.1, -0.05) is 90.0 Å². The van der Waals surface area contributed by atoms with Gasteiger partial charge in [-0.05, 0) is 58.1 Å². The van der Waals surface area contributed by atoms with Crippen LogP contribution in [0.1, 0.15) is 130 Å². The second kappa shape index (κ2) is 12.5. The van der Waals surface area contributed by atoms with E-state index in [2.05, 4.69) is 41.5 Å². The van der Waals surface area contributed by atoms with E-state index in [-0.39, 0.29) is 51.3 Å². The number of rotatable bonds is 8. The molecule has 0 spiro atoms. The van der Waals surface area contributed by atoms with Crippen molar-refractivity contribution in [3.8, 4) is 23.0 Å². The van der Waals surface area contributed by atoms with Gasteiger partial charge in [0.05, 0.1) is 0 Å². The van der Waals surface area contributed by atoms with Gasteiger partial charge in [-0.25, -0.2) is 0 Å². The Balaban J connectivity index is 2.41. The summed E-state index contributed by atoms with van der Waals surface area (Å²) in [6, 6.07) is 3.55. The van der Waals surface area contributed by atoms with Crippen molar-refractivity contribution in [2.45, 2.75) is 131 Å². The summed E-state index contributed by atoms with van der Waals surface area (Å²) in [5, 5.41) is 33.8. The predicted molar refractivity (Wildman–Crippen MR) is 173 cm³/mol. The van der Waals surface area contributed by atoms with Crippen LogP contribution in [0.15, 0.2) is 12.1 Å². The molecule has 0 atom stereocenters. The van der Waals surface area contributed by atoms with Crippen LogP contribution in [0.4, 0.5) is 0 Å². The lowest BCUT2D eigenvalue weighted by Gasteiger charge is -2.31. The molecule has 0 unspecified atom stereocenters. The number of phenolic OH excluding ortho intramolecular Hbond substituents is 3.